The molecule has 0 unspecified atom stereocenters. The van der Waals surface area contributed by atoms with Crippen LogP contribution < -0.4 is 20.7 Å². The maximum absolute atomic E-state index is 12.1. The third-order valence-corrected chi connectivity index (χ3v) is 3.60. The molecule has 2 amide bonds. The second-order valence-corrected chi connectivity index (χ2v) is 5.19. The molecule has 2 aromatic rings. The Labute approximate surface area is 129 Å². The van der Waals surface area contributed by atoms with Crippen LogP contribution in [0.1, 0.15) is 11.1 Å². The number of amides is 2. The van der Waals surface area contributed by atoms with E-state index in [1.807, 2.05) is 38.1 Å². The van der Waals surface area contributed by atoms with Gasteiger partial charge in [0.1, 0.15) is 0 Å². The normalized spacial score (nSPS) is 12.2. The zero-order chi connectivity index (χ0) is 15.7. The Kier molecular flexibility index (Phi) is 3.47. The van der Waals surface area contributed by atoms with Gasteiger partial charge in [-0.2, -0.15) is 0 Å². The Balaban J connectivity index is 1.71. The molecule has 0 atom stereocenters. The summed E-state index contributed by atoms with van der Waals surface area (Å²) >= 11 is 0. The van der Waals surface area contributed by atoms with E-state index in [0.717, 1.165) is 22.5 Å². The van der Waals surface area contributed by atoms with Crippen LogP contribution in [0.5, 0.6) is 5.75 Å². The number of carbonyl (C=O) groups excluding carboxylic acids is 1. The highest BCUT2D eigenvalue weighted by molar-refractivity contribution is 6.00. The number of urea groups is 1. The second-order valence-electron chi connectivity index (χ2n) is 5.19. The highest BCUT2D eigenvalue weighted by Crippen LogP contribution is 2.35. The Morgan fingerprint density at radius 1 is 1.18 bits per heavy atom. The molecule has 1 heterocycles. The summed E-state index contributed by atoms with van der Waals surface area (Å²) in [4.78, 5) is 12.1. The summed E-state index contributed by atoms with van der Waals surface area (Å²) in [6, 6.07) is 10.9. The molecule has 0 saturated carbocycles. The molecule has 22 heavy (non-hydrogen) atoms. The van der Waals surface area contributed by atoms with Crippen molar-refractivity contribution in [2.75, 3.05) is 16.0 Å². The number of rotatable bonds is 2. The van der Waals surface area contributed by atoms with Crippen molar-refractivity contribution in [1.82, 2.24) is 0 Å². The predicted molar refractivity (Wildman–Crippen MR) is 88.4 cm³/mol. The number of nitrogens with one attached hydrogen (secondary N) is 3. The van der Waals surface area contributed by atoms with Crippen molar-refractivity contribution < 1.29 is 9.53 Å². The zero-order valence-electron chi connectivity index (χ0n) is 12.5. The minimum atomic E-state index is -0.293. The lowest BCUT2D eigenvalue weighted by Gasteiger charge is -2.11. The van der Waals surface area contributed by atoms with Crippen LogP contribution >= 0.6 is 0 Å². The third kappa shape index (κ3) is 2.74. The second kappa shape index (κ2) is 5.44. The smallest absolute Gasteiger partial charge is 0.323 e. The van der Waals surface area contributed by atoms with E-state index in [4.69, 9.17) is 4.74 Å². The van der Waals surface area contributed by atoms with Gasteiger partial charge in [-0.25, -0.2) is 4.79 Å². The van der Waals surface area contributed by atoms with Crippen molar-refractivity contribution in [2.45, 2.75) is 13.8 Å². The van der Waals surface area contributed by atoms with Gasteiger partial charge in [0.05, 0.1) is 5.69 Å². The molecule has 0 bridgehead atoms. The predicted octanol–water partition coefficient (Wildman–Crippen LogP) is 4.22. The first kappa shape index (κ1) is 14.0. The van der Waals surface area contributed by atoms with E-state index >= 15 is 0 Å². The SMILES string of the molecule is C=C1Nc2ccc(NC(=O)Nc3cccc(C)c3C)cc2O1. The van der Waals surface area contributed by atoms with Gasteiger partial charge < -0.3 is 20.7 Å². The molecule has 3 N–H and O–H groups in total. The van der Waals surface area contributed by atoms with Crippen molar-refractivity contribution in [1.29, 1.82) is 0 Å². The van der Waals surface area contributed by atoms with Crippen LogP contribution in [-0.2, 0) is 0 Å². The average Bonchev–Trinajstić information content (AvgIpc) is 2.83. The first-order valence-corrected chi connectivity index (χ1v) is 6.95. The van der Waals surface area contributed by atoms with Crippen LogP contribution in [0.15, 0.2) is 48.9 Å². The fraction of sp³-hybridized carbons (Fsp3) is 0.118. The molecule has 0 fully saturated rings. The minimum Gasteiger partial charge on any atom is -0.439 e. The number of hydrogen-bond donors (Lipinski definition) is 3. The van der Waals surface area contributed by atoms with Crippen LogP contribution in [-0.4, -0.2) is 6.03 Å². The van der Waals surface area contributed by atoms with Gasteiger partial charge in [-0.05, 0) is 49.8 Å². The van der Waals surface area contributed by atoms with Crippen molar-refractivity contribution >= 4 is 23.1 Å². The molecule has 1 aliphatic heterocycles. The molecule has 5 heteroatoms. The minimum absolute atomic E-state index is 0.293. The fourth-order valence-electron chi connectivity index (χ4n) is 2.27. The molecular formula is C17H17N3O2. The molecule has 112 valence electrons. The highest BCUT2D eigenvalue weighted by atomic mass is 16.5. The van der Waals surface area contributed by atoms with Crippen LogP contribution in [0.3, 0.4) is 0 Å². The molecule has 1 aliphatic rings. The number of ether oxygens (including phenoxy) is 1. The Hall–Kier alpha value is -2.95. The van der Waals surface area contributed by atoms with Crippen LogP contribution in [0.4, 0.5) is 21.9 Å². The zero-order valence-corrected chi connectivity index (χ0v) is 12.5. The fourth-order valence-corrected chi connectivity index (χ4v) is 2.27. The van der Waals surface area contributed by atoms with Gasteiger partial charge in [-0.3, -0.25) is 0 Å². The number of hydrogen-bond acceptors (Lipinski definition) is 3. The van der Waals surface area contributed by atoms with Crippen LogP contribution in [0, 0.1) is 13.8 Å². The largest absolute Gasteiger partial charge is 0.439 e. The number of benzene rings is 2. The number of fused-ring (bicyclic) bond motifs is 1. The number of aryl methyl sites for hydroxylation is 1. The van der Waals surface area contributed by atoms with Crippen molar-refractivity contribution in [3.8, 4) is 5.75 Å². The summed E-state index contributed by atoms with van der Waals surface area (Å²) in [5.41, 5.74) is 4.47. The number of anilines is 3. The van der Waals surface area contributed by atoms with Gasteiger partial charge in [-0.1, -0.05) is 12.1 Å². The van der Waals surface area contributed by atoms with Gasteiger partial charge in [-0.15, -0.1) is 0 Å². The standard InChI is InChI=1S/C17H17N3O2/c1-10-5-4-6-14(11(10)2)20-17(21)19-13-7-8-15-16(9-13)22-12(3)18-15/h4-9,18H,3H2,1-2H3,(H2,19,20,21). The molecule has 0 aromatic heterocycles. The van der Waals surface area contributed by atoms with Gasteiger partial charge >= 0.3 is 6.03 Å². The van der Waals surface area contributed by atoms with Gasteiger partial charge in [0.2, 0.25) is 0 Å². The Bertz CT molecular complexity index is 768. The lowest BCUT2D eigenvalue weighted by molar-refractivity contribution is 0.262. The topological polar surface area (TPSA) is 62.4 Å². The van der Waals surface area contributed by atoms with Crippen molar-refractivity contribution in [2.24, 2.45) is 0 Å². The molecule has 0 aliphatic carbocycles. The van der Waals surface area contributed by atoms with E-state index in [2.05, 4.69) is 22.5 Å². The summed E-state index contributed by atoms with van der Waals surface area (Å²) in [6.07, 6.45) is 0. The first-order chi connectivity index (χ1) is 10.5. The van der Waals surface area contributed by atoms with Gasteiger partial charge in [0, 0.05) is 17.4 Å². The van der Waals surface area contributed by atoms with E-state index in [-0.39, 0.29) is 6.03 Å². The third-order valence-electron chi connectivity index (χ3n) is 3.60. The molecule has 0 saturated heterocycles. The monoisotopic (exact) mass is 295 g/mol. The van der Waals surface area contributed by atoms with Gasteiger partial charge in [0.25, 0.3) is 0 Å². The summed E-state index contributed by atoms with van der Waals surface area (Å²) in [7, 11) is 0. The highest BCUT2D eigenvalue weighted by Gasteiger charge is 2.15. The molecular weight excluding hydrogens is 278 g/mol. The first-order valence-electron chi connectivity index (χ1n) is 6.95. The van der Waals surface area contributed by atoms with Crippen molar-refractivity contribution in [3.63, 3.8) is 0 Å². The Morgan fingerprint density at radius 3 is 2.82 bits per heavy atom. The maximum atomic E-state index is 12.1. The quantitative estimate of drug-likeness (QED) is 0.777. The van der Waals surface area contributed by atoms with Crippen LogP contribution in [0.25, 0.3) is 0 Å². The lowest BCUT2D eigenvalue weighted by Crippen LogP contribution is -2.20. The summed E-state index contributed by atoms with van der Waals surface area (Å²) < 4.78 is 5.40. The summed E-state index contributed by atoms with van der Waals surface area (Å²) in [6.45, 7) is 7.69. The average molecular weight is 295 g/mol. The van der Waals surface area contributed by atoms with E-state index in [9.17, 15) is 4.79 Å². The Morgan fingerprint density at radius 2 is 2.00 bits per heavy atom. The van der Waals surface area contributed by atoms with Crippen molar-refractivity contribution in [3.05, 3.63) is 60.0 Å². The maximum Gasteiger partial charge on any atom is 0.323 e. The molecule has 0 radical (unpaired) electrons. The lowest BCUT2D eigenvalue weighted by atomic mass is 10.1. The molecule has 5 nitrogen and oxygen atoms in total. The van der Waals surface area contributed by atoms with Crippen LogP contribution in [0.2, 0.25) is 0 Å². The number of carbonyl (C=O) groups is 1. The summed E-state index contributed by atoms with van der Waals surface area (Å²) in [5, 5.41) is 8.63. The van der Waals surface area contributed by atoms with E-state index in [0.29, 0.717) is 17.3 Å². The molecule has 2 aromatic carbocycles. The van der Waals surface area contributed by atoms with E-state index in [1.165, 1.54) is 0 Å². The molecule has 3 rings (SSSR count). The molecule has 0 spiro atoms. The van der Waals surface area contributed by atoms with E-state index < -0.39 is 0 Å². The van der Waals surface area contributed by atoms with E-state index in [1.54, 1.807) is 12.1 Å². The van der Waals surface area contributed by atoms with Gasteiger partial charge in [0.15, 0.2) is 11.6 Å². The summed E-state index contributed by atoms with van der Waals surface area (Å²) in [5.74, 6) is 1.13.